The van der Waals surface area contributed by atoms with E-state index in [2.05, 4.69) is 15.8 Å². The molecule has 0 saturated carbocycles. The lowest BCUT2D eigenvalue weighted by molar-refractivity contribution is -0.113. The zero-order valence-corrected chi connectivity index (χ0v) is 15.3. The number of nitrogens with zero attached hydrogens (tertiary/aromatic N) is 1. The molecule has 146 valence electrons. The summed E-state index contributed by atoms with van der Waals surface area (Å²) in [7, 11) is 1.60. The van der Waals surface area contributed by atoms with Gasteiger partial charge in [0.15, 0.2) is 5.76 Å². The van der Waals surface area contributed by atoms with E-state index >= 15 is 0 Å². The number of ether oxygens (including phenoxy) is 2. The molecule has 2 heterocycles. The fourth-order valence-electron chi connectivity index (χ4n) is 3.07. The summed E-state index contributed by atoms with van der Waals surface area (Å²) in [5.41, 5.74) is 1.49. The number of carbonyl (C=O) groups is 1. The van der Waals surface area contributed by atoms with E-state index in [4.69, 9.17) is 14.0 Å². The summed E-state index contributed by atoms with van der Waals surface area (Å²) in [6.07, 6.45) is 0.765. The molecule has 0 unspecified atom stereocenters. The second kappa shape index (κ2) is 9.50. The molecule has 3 rings (SSSR count). The minimum Gasteiger partial charge on any atom is -0.390 e. The van der Waals surface area contributed by atoms with Crippen LogP contribution in [0.4, 0.5) is 10.5 Å². The van der Waals surface area contributed by atoms with Gasteiger partial charge in [0.05, 0.1) is 17.9 Å². The van der Waals surface area contributed by atoms with Crippen molar-refractivity contribution in [2.45, 2.75) is 44.2 Å². The Hall–Kier alpha value is -2.42. The summed E-state index contributed by atoms with van der Waals surface area (Å²) >= 11 is 0. The van der Waals surface area contributed by atoms with Gasteiger partial charge in [-0.25, -0.2) is 4.79 Å². The van der Waals surface area contributed by atoms with Crippen molar-refractivity contribution in [1.29, 1.82) is 0 Å². The lowest BCUT2D eigenvalue weighted by atomic mass is 9.98. The quantitative estimate of drug-likeness (QED) is 0.684. The standard InChI is InChI=1S/C19H25N3O5/c1-25-12-16-10-14(22-27-16)9-15-7-8-17(23)18(26-15)11-20-19(24)21-13-5-3-2-4-6-13/h2-6,10,15,17-18,23H,7-9,11-12H2,1H3,(H2,20,21,24)/t15-,17-,18+/m0/s1. The maximum absolute atomic E-state index is 12.0. The second-order valence-electron chi connectivity index (χ2n) is 6.56. The Morgan fingerprint density at radius 2 is 2.15 bits per heavy atom. The Kier molecular flexibility index (Phi) is 6.80. The molecule has 0 spiro atoms. The number of urea groups is 1. The highest BCUT2D eigenvalue weighted by molar-refractivity contribution is 5.89. The largest absolute Gasteiger partial charge is 0.390 e. The van der Waals surface area contributed by atoms with Gasteiger partial charge in [0.25, 0.3) is 0 Å². The molecule has 1 aromatic heterocycles. The number of hydrogen-bond acceptors (Lipinski definition) is 6. The van der Waals surface area contributed by atoms with Crippen molar-refractivity contribution < 1.29 is 23.9 Å². The van der Waals surface area contributed by atoms with Gasteiger partial charge in [0.2, 0.25) is 0 Å². The first-order valence-corrected chi connectivity index (χ1v) is 9.01. The molecule has 2 aromatic rings. The SMILES string of the molecule is COCc1cc(C[C@@H]2CC[C@H](O)[C@@H](CNC(=O)Nc3ccccc3)O2)no1. The fourth-order valence-corrected chi connectivity index (χ4v) is 3.07. The number of anilines is 1. The van der Waals surface area contributed by atoms with E-state index < -0.39 is 12.2 Å². The highest BCUT2D eigenvalue weighted by Crippen LogP contribution is 2.22. The van der Waals surface area contributed by atoms with Crippen LogP contribution in [-0.2, 0) is 22.5 Å². The first kappa shape index (κ1) is 19.3. The molecule has 2 amide bonds. The summed E-state index contributed by atoms with van der Waals surface area (Å²) in [6.45, 7) is 0.602. The normalized spacial score (nSPS) is 22.4. The third-order valence-electron chi connectivity index (χ3n) is 4.41. The first-order chi connectivity index (χ1) is 13.1. The van der Waals surface area contributed by atoms with Gasteiger partial charge in [-0.1, -0.05) is 23.4 Å². The summed E-state index contributed by atoms with van der Waals surface area (Å²) in [5.74, 6) is 0.666. The van der Waals surface area contributed by atoms with Crippen LogP contribution >= 0.6 is 0 Å². The number of benzene rings is 1. The van der Waals surface area contributed by atoms with Crippen LogP contribution in [0.1, 0.15) is 24.3 Å². The lowest BCUT2D eigenvalue weighted by Crippen LogP contribution is -2.47. The second-order valence-corrected chi connectivity index (χ2v) is 6.56. The van der Waals surface area contributed by atoms with Crippen molar-refractivity contribution in [1.82, 2.24) is 10.5 Å². The van der Waals surface area contributed by atoms with Crippen molar-refractivity contribution in [2.75, 3.05) is 19.0 Å². The van der Waals surface area contributed by atoms with Gasteiger partial charge in [-0.15, -0.1) is 0 Å². The average Bonchev–Trinajstić information content (AvgIpc) is 3.10. The molecule has 1 aromatic carbocycles. The molecule has 3 N–H and O–H groups in total. The molecular weight excluding hydrogens is 350 g/mol. The van der Waals surface area contributed by atoms with Gasteiger partial charge in [0.1, 0.15) is 12.7 Å². The number of aromatic nitrogens is 1. The Morgan fingerprint density at radius 1 is 1.33 bits per heavy atom. The third-order valence-corrected chi connectivity index (χ3v) is 4.41. The van der Waals surface area contributed by atoms with E-state index in [-0.39, 0.29) is 18.7 Å². The van der Waals surface area contributed by atoms with Crippen LogP contribution in [0.25, 0.3) is 0 Å². The van der Waals surface area contributed by atoms with Crippen LogP contribution in [0.2, 0.25) is 0 Å². The van der Waals surface area contributed by atoms with Crippen LogP contribution in [0.5, 0.6) is 0 Å². The smallest absolute Gasteiger partial charge is 0.319 e. The number of methoxy groups -OCH3 is 1. The van der Waals surface area contributed by atoms with Crippen LogP contribution < -0.4 is 10.6 Å². The Balaban J connectivity index is 1.47. The van der Waals surface area contributed by atoms with Gasteiger partial charge >= 0.3 is 6.03 Å². The molecule has 1 fully saturated rings. The molecule has 1 aliphatic rings. The number of hydrogen-bond donors (Lipinski definition) is 3. The van der Waals surface area contributed by atoms with Crippen LogP contribution in [0, 0.1) is 0 Å². The number of rotatable bonds is 7. The molecule has 27 heavy (non-hydrogen) atoms. The van der Waals surface area contributed by atoms with Crippen LogP contribution in [0.15, 0.2) is 40.9 Å². The minimum atomic E-state index is -0.611. The number of aliphatic hydroxyl groups excluding tert-OH is 1. The van der Waals surface area contributed by atoms with Gasteiger partial charge < -0.3 is 29.7 Å². The van der Waals surface area contributed by atoms with Gasteiger partial charge in [-0.05, 0) is 25.0 Å². The molecule has 0 bridgehead atoms. The number of aliphatic hydroxyl groups is 1. The average molecular weight is 375 g/mol. The van der Waals surface area contributed by atoms with E-state index in [1.54, 1.807) is 19.2 Å². The Morgan fingerprint density at radius 3 is 2.93 bits per heavy atom. The summed E-state index contributed by atoms with van der Waals surface area (Å²) in [6, 6.07) is 10.7. The van der Waals surface area contributed by atoms with Crippen LogP contribution in [-0.4, -0.2) is 48.3 Å². The highest BCUT2D eigenvalue weighted by Gasteiger charge is 2.30. The van der Waals surface area contributed by atoms with Gasteiger partial charge in [-0.2, -0.15) is 0 Å². The monoisotopic (exact) mass is 375 g/mol. The molecule has 8 heteroatoms. The summed E-state index contributed by atoms with van der Waals surface area (Å²) in [4.78, 5) is 12.0. The predicted octanol–water partition coefficient (Wildman–Crippen LogP) is 2.09. The van der Waals surface area contributed by atoms with E-state index in [9.17, 15) is 9.90 Å². The van der Waals surface area contributed by atoms with Crippen molar-refractivity contribution >= 4 is 11.7 Å². The molecule has 1 saturated heterocycles. The molecule has 1 aliphatic heterocycles. The maximum atomic E-state index is 12.0. The van der Waals surface area contributed by atoms with Gasteiger partial charge in [-0.3, -0.25) is 0 Å². The third kappa shape index (κ3) is 5.78. The minimum absolute atomic E-state index is 0.0853. The van der Waals surface area contributed by atoms with Crippen molar-refractivity contribution in [3.05, 3.63) is 47.9 Å². The lowest BCUT2D eigenvalue weighted by Gasteiger charge is -2.33. The summed E-state index contributed by atoms with van der Waals surface area (Å²) in [5, 5.41) is 19.7. The van der Waals surface area contributed by atoms with Crippen molar-refractivity contribution in [3.8, 4) is 0 Å². The first-order valence-electron chi connectivity index (χ1n) is 9.01. The number of amides is 2. The van der Waals surface area contributed by atoms with E-state index in [0.29, 0.717) is 30.9 Å². The van der Waals surface area contributed by atoms with Crippen molar-refractivity contribution in [3.63, 3.8) is 0 Å². The highest BCUT2D eigenvalue weighted by atomic mass is 16.5. The summed E-state index contributed by atoms with van der Waals surface area (Å²) < 4.78 is 16.2. The van der Waals surface area contributed by atoms with Gasteiger partial charge in [0, 0.05) is 31.8 Å². The topological polar surface area (TPSA) is 106 Å². The van der Waals surface area contributed by atoms with E-state index in [1.807, 2.05) is 24.3 Å². The molecule has 0 radical (unpaired) electrons. The van der Waals surface area contributed by atoms with E-state index in [0.717, 1.165) is 12.1 Å². The molecule has 3 atom stereocenters. The Labute approximate surface area is 157 Å². The maximum Gasteiger partial charge on any atom is 0.319 e. The van der Waals surface area contributed by atoms with Crippen molar-refractivity contribution in [2.24, 2.45) is 0 Å². The Bertz CT molecular complexity index is 721. The molecular formula is C19H25N3O5. The fraction of sp³-hybridized carbons (Fsp3) is 0.474. The molecule has 0 aliphatic carbocycles. The zero-order chi connectivity index (χ0) is 19.1. The zero-order valence-electron chi connectivity index (χ0n) is 15.3. The van der Waals surface area contributed by atoms with Crippen LogP contribution in [0.3, 0.4) is 0 Å². The van der Waals surface area contributed by atoms with E-state index in [1.165, 1.54) is 0 Å². The number of nitrogens with one attached hydrogen (secondary N) is 2. The molecule has 8 nitrogen and oxygen atoms in total. The number of carbonyl (C=O) groups excluding carboxylic acids is 1. The number of para-hydroxylation sites is 1. The predicted molar refractivity (Wildman–Crippen MR) is 98.3 cm³/mol.